The van der Waals surface area contributed by atoms with E-state index in [1.165, 1.54) is 12.1 Å². The first-order valence-corrected chi connectivity index (χ1v) is 8.92. The van der Waals surface area contributed by atoms with Crippen LogP contribution < -0.4 is 5.32 Å². The fourth-order valence-electron chi connectivity index (χ4n) is 1.85. The van der Waals surface area contributed by atoms with Gasteiger partial charge in [0.1, 0.15) is 11.4 Å². The van der Waals surface area contributed by atoms with Crippen LogP contribution in [0, 0.1) is 10.1 Å². The Labute approximate surface area is 135 Å². The van der Waals surface area contributed by atoms with Crippen LogP contribution in [0.2, 0.25) is 0 Å². The molecule has 0 fully saturated rings. The molecule has 22 heavy (non-hydrogen) atoms. The Bertz CT molecular complexity index is 801. The number of halogens is 1. The van der Waals surface area contributed by atoms with Crippen LogP contribution in [0.25, 0.3) is 0 Å². The number of benzene rings is 1. The molecule has 0 bridgehead atoms. The van der Waals surface area contributed by atoms with Crippen LogP contribution in [0.4, 0.5) is 11.4 Å². The lowest BCUT2D eigenvalue weighted by Crippen LogP contribution is -2.07. The summed E-state index contributed by atoms with van der Waals surface area (Å²) >= 11 is 3.19. The van der Waals surface area contributed by atoms with Crippen LogP contribution >= 0.6 is 15.9 Å². The van der Waals surface area contributed by atoms with Crippen molar-refractivity contribution in [2.24, 2.45) is 0 Å². The molecular formula is C13H13BrN2O5S. The van der Waals surface area contributed by atoms with Crippen LogP contribution in [-0.2, 0) is 16.3 Å². The van der Waals surface area contributed by atoms with Gasteiger partial charge in [-0.05, 0) is 40.2 Å². The highest BCUT2D eigenvalue weighted by Gasteiger charge is 2.18. The highest BCUT2D eigenvalue weighted by molar-refractivity contribution is 9.10. The van der Waals surface area contributed by atoms with Gasteiger partial charge in [-0.2, -0.15) is 0 Å². The van der Waals surface area contributed by atoms with Gasteiger partial charge >= 0.3 is 0 Å². The quantitative estimate of drug-likeness (QED) is 0.602. The maximum absolute atomic E-state index is 11.5. The molecule has 0 saturated heterocycles. The third-order valence-corrected chi connectivity index (χ3v) is 4.45. The largest absolute Gasteiger partial charge is 0.454 e. The number of hydrogen-bond acceptors (Lipinski definition) is 6. The van der Waals surface area contributed by atoms with Crippen molar-refractivity contribution in [3.05, 3.63) is 50.9 Å². The smallest absolute Gasteiger partial charge is 0.293 e. The lowest BCUT2D eigenvalue weighted by atomic mass is 10.2. The molecule has 0 aliphatic heterocycles. The Morgan fingerprint density at radius 2 is 2.05 bits per heavy atom. The van der Waals surface area contributed by atoms with Crippen LogP contribution in [0.5, 0.6) is 0 Å². The lowest BCUT2D eigenvalue weighted by Gasteiger charge is -2.07. The topological polar surface area (TPSA) is 102 Å². The molecule has 1 aromatic carbocycles. The highest BCUT2D eigenvalue weighted by atomic mass is 79.9. The first-order valence-electron chi connectivity index (χ1n) is 6.24. The molecule has 0 aliphatic rings. The average Bonchev–Trinajstić information content (AvgIpc) is 2.83. The lowest BCUT2D eigenvalue weighted by molar-refractivity contribution is -0.384. The molecule has 1 aromatic heterocycles. The van der Waals surface area contributed by atoms with E-state index in [4.69, 9.17) is 4.42 Å². The van der Waals surface area contributed by atoms with Crippen LogP contribution in [0.1, 0.15) is 5.76 Å². The zero-order valence-electron chi connectivity index (χ0n) is 11.6. The highest BCUT2D eigenvalue weighted by Crippen LogP contribution is 2.27. The molecule has 1 heterocycles. The average molecular weight is 389 g/mol. The zero-order chi connectivity index (χ0) is 16.3. The van der Waals surface area contributed by atoms with Crippen LogP contribution in [-0.4, -0.2) is 26.1 Å². The second kappa shape index (κ2) is 6.49. The number of nitrogens with zero attached hydrogens (tertiary/aromatic N) is 1. The normalized spacial score (nSPS) is 11.4. The molecule has 7 nitrogen and oxygen atoms in total. The van der Waals surface area contributed by atoms with Gasteiger partial charge in [0.05, 0.1) is 9.82 Å². The molecule has 2 aromatic rings. The Balaban J connectivity index is 2.14. The van der Waals surface area contributed by atoms with E-state index in [-0.39, 0.29) is 16.3 Å². The molecule has 118 valence electrons. The van der Waals surface area contributed by atoms with Gasteiger partial charge in [-0.1, -0.05) is 0 Å². The predicted octanol–water partition coefficient (Wildman–Crippen LogP) is 3.01. The first-order chi connectivity index (χ1) is 10.3. The molecule has 1 N–H and O–H groups in total. The van der Waals surface area contributed by atoms with Crippen molar-refractivity contribution in [1.82, 2.24) is 0 Å². The van der Waals surface area contributed by atoms with Crippen molar-refractivity contribution < 1.29 is 17.8 Å². The fourth-order valence-corrected chi connectivity index (χ4v) is 2.83. The van der Waals surface area contributed by atoms with E-state index < -0.39 is 14.8 Å². The summed E-state index contributed by atoms with van der Waals surface area (Å²) in [5.41, 5.74) is -0.00780. The summed E-state index contributed by atoms with van der Waals surface area (Å²) in [5, 5.41) is 14.0. The Kier molecular flexibility index (Phi) is 4.87. The fraction of sp³-hybridized carbons (Fsp3) is 0.231. The SMILES string of the molecule is CS(=O)(=O)c1ccc(NCCc2ccc(Br)o2)c([N+](=O)[O-])c1. The van der Waals surface area contributed by atoms with E-state index in [0.29, 0.717) is 17.6 Å². The van der Waals surface area contributed by atoms with Crippen molar-refractivity contribution in [1.29, 1.82) is 0 Å². The van der Waals surface area contributed by atoms with E-state index in [2.05, 4.69) is 21.2 Å². The third kappa shape index (κ3) is 4.08. The van der Waals surface area contributed by atoms with Crippen LogP contribution in [0.15, 0.2) is 44.3 Å². The first kappa shape index (κ1) is 16.5. The summed E-state index contributed by atoms with van der Waals surface area (Å²) < 4.78 is 28.9. The van der Waals surface area contributed by atoms with Gasteiger partial charge in [0.15, 0.2) is 14.5 Å². The minimum Gasteiger partial charge on any atom is -0.454 e. The molecule has 0 aliphatic carbocycles. The number of hydrogen-bond donors (Lipinski definition) is 1. The summed E-state index contributed by atoms with van der Waals surface area (Å²) in [7, 11) is -3.49. The number of nitro benzene ring substituents is 1. The number of rotatable bonds is 6. The van der Waals surface area contributed by atoms with Gasteiger partial charge < -0.3 is 9.73 Å². The Hall–Kier alpha value is -1.87. The molecule has 2 rings (SSSR count). The number of nitro groups is 1. The number of anilines is 1. The number of nitrogens with one attached hydrogen (secondary N) is 1. The van der Waals surface area contributed by atoms with Gasteiger partial charge in [-0.25, -0.2) is 8.42 Å². The maximum atomic E-state index is 11.5. The second-order valence-electron chi connectivity index (χ2n) is 4.59. The minimum atomic E-state index is -3.49. The summed E-state index contributed by atoms with van der Waals surface area (Å²) in [6.07, 6.45) is 1.55. The second-order valence-corrected chi connectivity index (χ2v) is 7.39. The van der Waals surface area contributed by atoms with Crippen molar-refractivity contribution in [3.63, 3.8) is 0 Å². The van der Waals surface area contributed by atoms with Gasteiger partial charge in [0.25, 0.3) is 5.69 Å². The van der Waals surface area contributed by atoms with E-state index >= 15 is 0 Å². The summed E-state index contributed by atoms with van der Waals surface area (Å²) in [4.78, 5) is 10.4. The predicted molar refractivity (Wildman–Crippen MR) is 84.8 cm³/mol. The van der Waals surface area contributed by atoms with E-state index in [1.807, 2.05) is 0 Å². The van der Waals surface area contributed by atoms with Gasteiger partial charge in [0, 0.05) is 25.3 Å². The Morgan fingerprint density at radius 3 is 2.59 bits per heavy atom. The number of furan rings is 1. The molecule has 0 amide bonds. The van der Waals surface area contributed by atoms with Gasteiger partial charge in [-0.3, -0.25) is 10.1 Å². The maximum Gasteiger partial charge on any atom is 0.293 e. The van der Waals surface area contributed by atoms with E-state index in [0.717, 1.165) is 18.1 Å². The zero-order valence-corrected chi connectivity index (χ0v) is 14.0. The molecule has 0 spiro atoms. The van der Waals surface area contributed by atoms with Crippen molar-refractivity contribution in [2.75, 3.05) is 18.1 Å². The van der Waals surface area contributed by atoms with E-state index in [1.54, 1.807) is 12.1 Å². The van der Waals surface area contributed by atoms with Crippen molar-refractivity contribution in [3.8, 4) is 0 Å². The van der Waals surface area contributed by atoms with Crippen LogP contribution in [0.3, 0.4) is 0 Å². The van der Waals surface area contributed by atoms with Crippen molar-refractivity contribution >= 4 is 37.1 Å². The molecule has 0 unspecified atom stereocenters. The number of sulfone groups is 1. The van der Waals surface area contributed by atoms with Crippen molar-refractivity contribution in [2.45, 2.75) is 11.3 Å². The molecule has 0 radical (unpaired) electrons. The molecule has 0 atom stereocenters. The standard InChI is InChI=1S/C13H13BrN2O5S/c1-22(19,20)10-3-4-11(12(8-10)16(17)18)15-7-6-9-2-5-13(14)21-9/h2-5,8,15H,6-7H2,1H3. The van der Waals surface area contributed by atoms with Gasteiger partial charge in [0.2, 0.25) is 0 Å². The monoisotopic (exact) mass is 388 g/mol. The summed E-state index contributed by atoms with van der Waals surface area (Å²) in [6.45, 7) is 0.416. The molecule has 0 saturated carbocycles. The van der Waals surface area contributed by atoms with E-state index in [9.17, 15) is 18.5 Å². The Morgan fingerprint density at radius 1 is 1.32 bits per heavy atom. The summed E-state index contributed by atoms with van der Waals surface area (Å²) in [6, 6.07) is 7.35. The summed E-state index contributed by atoms with van der Waals surface area (Å²) in [5.74, 6) is 0.731. The molecule has 9 heteroatoms. The van der Waals surface area contributed by atoms with Gasteiger partial charge in [-0.15, -0.1) is 0 Å². The minimum absolute atomic E-state index is 0.0836. The third-order valence-electron chi connectivity index (χ3n) is 2.91. The molecular weight excluding hydrogens is 376 g/mol.